The molecule has 0 amide bonds. The molecule has 0 saturated carbocycles. The molecule has 2 unspecified atom stereocenters. The Kier molecular flexibility index (Phi) is 2.50. The first kappa shape index (κ1) is 8.24. The summed E-state index contributed by atoms with van der Waals surface area (Å²) >= 11 is 2.03. The molecule has 0 spiro atoms. The Bertz CT molecular complexity index is 171. The molecule has 0 heterocycles. The van der Waals surface area contributed by atoms with Crippen molar-refractivity contribution in [1.82, 2.24) is 0 Å². The molecule has 0 fully saturated rings. The average molecular weight is 252 g/mol. The number of halogens is 2. The van der Waals surface area contributed by atoms with E-state index >= 15 is 0 Å². The first-order chi connectivity index (χ1) is 4.61. The van der Waals surface area contributed by atoms with E-state index in [9.17, 15) is 4.39 Å². The third kappa shape index (κ3) is 1.59. The summed E-state index contributed by atoms with van der Waals surface area (Å²) in [6.07, 6.45) is 3.66. The summed E-state index contributed by atoms with van der Waals surface area (Å²) in [5.41, 5.74) is 0. The van der Waals surface area contributed by atoms with Crippen LogP contribution in [0.15, 0.2) is 21.6 Å². The summed E-state index contributed by atoms with van der Waals surface area (Å²) < 4.78 is 13.5. The van der Waals surface area contributed by atoms with Crippen molar-refractivity contribution in [1.29, 1.82) is 0 Å². The minimum atomic E-state index is -0.0637. The Morgan fingerprint density at radius 3 is 2.30 bits per heavy atom. The molecule has 0 N–H and O–H groups in total. The summed E-state index contributed by atoms with van der Waals surface area (Å²) in [6, 6.07) is 0. The molecule has 1 aliphatic rings. The van der Waals surface area contributed by atoms with Crippen LogP contribution in [0.2, 0.25) is 0 Å². The van der Waals surface area contributed by atoms with Gasteiger partial charge >= 0.3 is 0 Å². The molecule has 0 nitrogen and oxygen atoms in total. The summed E-state index contributed by atoms with van der Waals surface area (Å²) in [4.78, 5) is 0. The third-order valence-electron chi connectivity index (χ3n) is 1.88. The van der Waals surface area contributed by atoms with Crippen LogP contribution in [0.4, 0.5) is 4.39 Å². The molecule has 1 aliphatic carbocycles. The molecule has 0 bridgehead atoms. The van der Waals surface area contributed by atoms with Gasteiger partial charge in [-0.3, -0.25) is 0 Å². The van der Waals surface area contributed by atoms with E-state index in [2.05, 4.69) is 6.92 Å². The van der Waals surface area contributed by atoms with E-state index in [0.29, 0.717) is 11.8 Å². The second-order valence-electron chi connectivity index (χ2n) is 2.75. The van der Waals surface area contributed by atoms with Gasteiger partial charge in [0.2, 0.25) is 0 Å². The van der Waals surface area contributed by atoms with Crippen molar-refractivity contribution in [3.05, 3.63) is 21.6 Å². The third-order valence-corrected chi connectivity index (χ3v) is 2.75. The highest BCUT2D eigenvalue weighted by molar-refractivity contribution is 14.1. The molecular formula is C8H10FI. The number of allylic oxidation sites excluding steroid dienone is 4. The molecule has 0 aromatic rings. The Hall–Kier alpha value is 0.140. The highest BCUT2D eigenvalue weighted by Crippen LogP contribution is 2.31. The predicted molar refractivity (Wildman–Crippen MR) is 49.6 cm³/mol. The van der Waals surface area contributed by atoms with Gasteiger partial charge in [0.15, 0.2) is 0 Å². The zero-order valence-electron chi connectivity index (χ0n) is 6.07. The SMILES string of the molecule is CC1C=C(F)C(I)=CC1C. The molecule has 2 atom stereocenters. The van der Waals surface area contributed by atoms with Crippen molar-refractivity contribution in [3.63, 3.8) is 0 Å². The maximum atomic E-state index is 12.8. The summed E-state index contributed by atoms with van der Waals surface area (Å²) in [5, 5.41) is 0. The fourth-order valence-corrected chi connectivity index (χ4v) is 1.67. The van der Waals surface area contributed by atoms with Crippen molar-refractivity contribution in [2.24, 2.45) is 11.8 Å². The van der Waals surface area contributed by atoms with Crippen molar-refractivity contribution >= 4 is 22.6 Å². The lowest BCUT2D eigenvalue weighted by Gasteiger charge is -2.17. The molecule has 56 valence electrons. The van der Waals surface area contributed by atoms with E-state index in [4.69, 9.17) is 0 Å². The Morgan fingerprint density at radius 2 is 1.80 bits per heavy atom. The van der Waals surface area contributed by atoms with Crippen molar-refractivity contribution in [2.45, 2.75) is 13.8 Å². The standard InChI is InChI=1S/C8H10FI/c1-5-3-7(9)8(10)4-6(5)2/h3-6H,1-2H3. The van der Waals surface area contributed by atoms with Crippen molar-refractivity contribution in [3.8, 4) is 0 Å². The molecule has 0 radical (unpaired) electrons. The van der Waals surface area contributed by atoms with Crippen LogP contribution in [-0.4, -0.2) is 0 Å². The van der Waals surface area contributed by atoms with Gasteiger partial charge in [-0.25, -0.2) is 4.39 Å². The lowest BCUT2D eigenvalue weighted by molar-refractivity contribution is 0.519. The van der Waals surface area contributed by atoms with Crippen LogP contribution in [-0.2, 0) is 0 Å². The van der Waals surface area contributed by atoms with Gasteiger partial charge in [-0.2, -0.15) is 0 Å². The molecule has 0 aromatic heterocycles. The highest BCUT2D eigenvalue weighted by atomic mass is 127. The summed E-state index contributed by atoms with van der Waals surface area (Å²) in [6.45, 7) is 4.14. The lowest BCUT2D eigenvalue weighted by Crippen LogP contribution is -2.06. The van der Waals surface area contributed by atoms with Crippen LogP contribution in [0.25, 0.3) is 0 Å². The Balaban J connectivity index is 2.83. The topological polar surface area (TPSA) is 0 Å². The lowest BCUT2D eigenvalue weighted by atomic mass is 9.92. The number of rotatable bonds is 0. The van der Waals surface area contributed by atoms with Crippen LogP contribution < -0.4 is 0 Å². The zero-order chi connectivity index (χ0) is 7.72. The number of hydrogen-bond acceptors (Lipinski definition) is 0. The first-order valence-corrected chi connectivity index (χ1v) is 4.44. The molecule has 2 heteroatoms. The minimum absolute atomic E-state index is 0.0637. The molecule has 0 saturated heterocycles. The monoisotopic (exact) mass is 252 g/mol. The minimum Gasteiger partial charge on any atom is -0.206 e. The van der Waals surface area contributed by atoms with Crippen LogP contribution in [0.3, 0.4) is 0 Å². The van der Waals surface area contributed by atoms with Gasteiger partial charge in [-0.1, -0.05) is 19.9 Å². The van der Waals surface area contributed by atoms with E-state index in [0.717, 1.165) is 3.58 Å². The molecule has 0 aromatic carbocycles. The van der Waals surface area contributed by atoms with Crippen molar-refractivity contribution in [2.75, 3.05) is 0 Å². The second-order valence-corrected chi connectivity index (χ2v) is 3.91. The van der Waals surface area contributed by atoms with E-state index in [1.807, 2.05) is 35.6 Å². The van der Waals surface area contributed by atoms with Crippen LogP contribution in [0.1, 0.15) is 13.8 Å². The van der Waals surface area contributed by atoms with E-state index < -0.39 is 0 Å². The molecule has 10 heavy (non-hydrogen) atoms. The summed E-state index contributed by atoms with van der Waals surface area (Å²) in [5.74, 6) is 0.760. The largest absolute Gasteiger partial charge is 0.206 e. The fraction of sp³-hybridized carbons (Fsp3) is 0.500. The normalized spacial score (nSPS) is 33.2. The summed E-state index contributed by atoms with van der Waals surface area (Å²) in [7, 11) is 0. The Labute approximate surface area is 74.3 Å². The van der Waals surface area contributed by atoms with Gasteiger partial charge < -0.3 is 0 Å². The number of hydrogen-bond donors (Lipinski definition) is 0. The predicted octanol–water partition coefficient (Wildman–Crippen LogP) is 3.44. The molecule has 0 aliphatic heterocycles. The van der Waals surface area contributed by atoms with Gasteiger partial charge in [0.05, 0.1) is 0 Å². The quantitative estimate of drug-likeness (QED) is 0.579. The van der Waals surface area contributed by atoms with E-state index in [1.54, 1.807) is 6.08 Å². The highest BCUT2D eigenvalue weighted by Gasteiger charge is 2.16. The molecule has 1 rings (SSSR count). The van der Waals surface area contributed by atoms with Crippen LogP contribution in [0.5, 0.6) is 0 Å². The van der Waals surface area contributed by atoms with Gasteiger partial charge in [-0.15, -0.1) is 0 Å². The fourth-order valence-electron chi connectivity index (χ4n) is 0.924. The van der Waals surface area contributed by atoms with E-state index in [1.165, 1.54) is 0 Å². The maximum absolute atomic E-state index is 12.8. The van der Waals surface area contributed by atoms with Gasteiger partial charge in [-0.05, 0) is 40.5 Å². The molecular weight excluding hydrogens is 242 g/mol. The van der Waals surface area contributed by atoms with Gasteiger partial charge in [0.1, 0.15) is 5.83 Å². The Morgan fingerprint density at radius 1 is 1.30 bits per heavy atom. The zero-order valence-corrected chi connectivity index (χ0v) is 8.22. The van der Waals surface area contributed by atoms with Crippen LogP contribution in [0, 0.1) is 11.8 Å². The van der Waals surface area contributed by atoms with Gasteiger partial charge in [0.25, 0.3) is 0 Å². The second kappa shape index (κ2) is 3.03. The first-order valence-electron chi connectivity index (χ1n) is 3.36. The average Bonchev–Trinajstić information content (AvgIpc) is 1.84. The van der Waals surface area contributed by atoms with E-state index in [-0.39, 0.29) is 5.83 Å². The van der Waals surface area contributed by atoms with Gasteiger partial charge in [0, 0.05) is 3.58 Å². The van der Waals surface area contributed by atoms with Crippen molar-refractivity contribution < 1.29 is 4.39 Å². The smallest absolute Gasteiger partial charge is 0.132 e. The van der Waals surface area contributed by atoms with Crippen LogP contribution >= 0.6 is 22.6 Å². The maximum Gasteiger partial charge on any atom is 0.132 e.